The topological polar surface area (TPSA) is 19.6 Å². The van der Waals surface area contributed by atoms with E-state index in [1.807, 2.05) is 0 Å². The first kappa shape index (κ1) is 43.1. The molecule has 0 unspecified atom stereocenters. The number of aryl methyl sites for hydroxylation is 1. The molecule has 0 radical (unpaired) electrons. The first-order chi connectivity index (χ1) is 31.1. The van der Waals surface area contributed by atoms with Crippen LogP contribution in [0.2, 0.25) is 0 Å². The molecule has 0 amide bonds. The van der Waals surface area contributed by atoms with E-state index in [1.165, 1.54) is 107 Å². The number of benzene rings is 6. The highest BCUT2D eigenvalue weighted by atomic mass is 16.3. The molecule has 4 aliphatic rings. The van der Waals surface area contributed by atoms with Crippen molar-refractivity contribution in [3.05, 3.63) is 148 Å². The Morgan fingerprint density at radius 1 is 0.576 bits per heavy atom. The van der Waals surface area contributed by atoms with Crippen molar-refractivity contribution in [2.24, 2.45) is 0 Å². The molecule has 0 N–H and O–H groups in total. The van der Waals surface area contributed by atoms with Gasteiger partial charge in [-0.15, -0.1) is 0 Å². The Kier molecular flexibility index (Phi) is 9.32. The van der Waals surface area contributed by atoms with Crippen molar-refractivity contribution in [2.45, 2.75) is 156 Å². The summed E-state index contributed by atoms with van der Waals surface area (Å²) in [5, 5.41) is 1.22. The van der Waals surface area contributed by atoms with Crippen molar-refractivity contribution >= 4 is 68.4 Å². The second-order valence-electron chi connectivity index (χ2n) is 24.6. The second kappa shape index (κ2) is 14.3. The van der Waals surface area contributed by atoms with Gasteiger partial charge in [0.1, 0.15) is 5.58 Å². The van der Waals surface area contributed by atoms with Gasteiger partial charge in [-0.25, -0.2) is 0 Å². The molecule has 0 spiro atoms. The Hall–Kier alpha value is -5.48. The van der Waals surface area contributed by atoms with Crippen LogP contribution in [0, 0.1) is 6.92 Å². The van der Waals surface area contributed by atoms with E-state index in [1.54, 1.807) is 0 Å². The molecule has 0 saturated heterocycles. The van der Waals surface area contributed by atoms with E-state index in [0.29, 0.717) is 5.92 Å². The summed E-state index contributed by atoms with van der Waals surface area (Å²) in [7, 11) is 0. The van der Waals surface area contributed by atoms with Gasteiger partial charge in [0, 0.05) is 33.7 Å². The molecular formula is C62H69BN2O. The van der Waals surface area contributed by atoms with Crippen LogP contribution in [0.4, 0.5) is 34.1 Å². The third-order valence-electron chi connectivity index (χ3n) is 16.8. The van der Waals surface area contributed by atoms with Gasteiger partial charge in [0.05, 0.1) is 17.0 Å². The van der Waals surface area contributed by atoms with Crippen LogP contribution in [0.15, 0.2) is 114 Å². The summed E-state index contributed by atoms with van der Waals surface area (Å²) in [6, 6.07) is 42.9. The number of anilines is 6. The number of rotatable bonds is 4. The van der Waals surface area contributed by atoms with E-state index in [0.717, 1.165) is 30.5 Å². The van der Waals surface area contributed by atoms with Crippen LogP contribution in [0.1, 0.15) is 161 Å². The van der Waals surface area contributed by atoms with Gasteiger partial charge in [0.15, 0.2) is 0 Å². The molecule has 2 aliphatic carbocycles. The lowest BCUT2D eigenvalue weighted by molar-refractivity contribution is 0.332. The summed E-state index contributed by atoms with van der Waals surface area (Å²) in [5.74, 6) is 0.364. The highest BCUT2D eigenvalue weighted by Gasteiger charge is 2.49. The maximum absolute atomic E-state index is 7.60. The largest absolute Gasteiger partial charge is 0.468 e. The lowest BCUT2D eigenvalue weighted by Gasteiger charge is -2.45. The standard InChI is InChI=1S/C62H69BN2O/c1-37(2)40-20-24-49-51(32-40)65(50-25-21-41(58(4,5)6)33-43(50)39-18-16-15-17-19-39)53-31-38(3)30-52-55(53)63(49)57-56(44-35-47-48(36-54(44)66-57)62(13,14)29-28-61(47,11)12)64(52)42-22-23-45-46(34-42)60(9,10)27-26-59(45,7)8/h15-25,30-37H,26-29H2,1-14H3. The Balaban J connectivity index is 1.26. The van der Waals surface area contributed by atoms with Crippen LogP contribution >= 0.6 is 0 Å². The molecule has 0 bridgehead atoms. The summed E-state index contributed by atoms with van der Waals surface area (Å²) >= 11 is 0. The Morgan fingerprint density at radius 2 is 1.18 bits per heavy atom. The predicted octanol–water partition coefficient (Wildman–Crippen LogP) is 15.6. The minimum absolute atomic E-state index is 0.0131. The zero-order valence-electron chi connectivity index (χ0n) is 42.2. The van der Waals surface area contributed by atoms with E-state index >= 15 is 0 Å². The van der Waals surface area contributed by atoms with Crippen molar-refractivity contribution in [1.29, 1.82) is 0 Å². The molecule has 336 valence electrons. The quantitative estimate of drug-likeness (QED) is 0.164. The van der Waals surface area contributed by atoms with Crippen molar-refractivity contribution in [3.63, 3.8) is 0 Å². The molecule has 0 atom stereocenters. The maximum Gasteiger partial charge on any atom is 0.297 e. The number of hydrogen-bond acceptors (Lipinski definition) is 3. The molecule has 11 rings (SSSR count). The van der Waals surface area contributed by atoms with E-state index in [2.05, 4.69) is 216 Å². The minimum atomic E-state index is -0.109. The summed E-state index contributed by atoms with van der Waals surface area (Å²) in [6.45, 7) is 33.3. The monoisotopic (exact) mass is 869 g/mol. The molecular weight excluding hydrogens is 800 g/mol. The molecule has 3 nitrogen and oxygen atoms in total. The van der Waals surface area contributed by atoms with Gasteiger partial charge < -0.3 is 14.2 Å². The molecule has 6 aromatic carbocycles. The third-order valence-corrected chi connectivity index (χ3v) is 16.8. The normalized spacial score (nSPS) is 18.4. The van der Waals surface area contributed by atoms with E-state index < -0.39 is 0 Å². The SMILES string of the molecule is Cc1cc2c3c(c1)N(c1ccc4c(c1)C(C)(C)CCC4(C)C)c1c(oc4cc5c(cc14)C(C)(C)CCC5(C)C)B3c1ccc(C(C)C)cc1N2c1ccc(C(C)(C)C)cc1-c1ccccc1. The van der Waals surface area contributed by atoms with Gasteiger partial charge in [-0.1, -0.05) is 145 Å². The summed E-state index contributed by atoms with van der Waals surface area (Å²) < 4.78 is 7.60. The molecule has 3 heterocycles. The van der Waals surface area contributed by atoms with E-state index in [9.17, 15) is 0 Å². The third kappa shape index (κ3) is 6.43. The lowest BCUT2D eigenvalue weighted by atomic mass is 9.35. The van der Waals surface area contributed by atoms with Crippen molar-refractivity contribution in [1.82, 2.24) is 0 Å². The van der Waals surface area contributed by atoms with Crippen LogP contribution in [-0.4, -0.2) is 6.71 Å². The van der Waals surface area contributed by atoms with Gasteiger partial charge in [0.2, 0.25) is 0 Å². The van der Waals surface area contributed by atoms with Crippen molar-refractivity contribution < 1.29 is 4.42 Å². The summed E-state index contributed by atoms with van der Waals surface area (Å²) in [5.41, 5.74) is 24.4. The molecule has 2 aliphatic heterocycles. The lowest BCUT2D eigenvalue weighted by Crippen LogP contribution is -2.61. The fraction of sp³-hybridized carbons (Fsp3) is 0.387. The molecule has 1 aromatic heterocycles. The van der Waals surface area contributed by atoms with Crippen LogP contribution in [-0.2, 0) is 27.1 Å². The van der Waals surface area contributed by atoms with Gasteiger partial charge >= 0.3 is 0 Å². The second-order valence-corrected chi connectivity index (χ2v) is 24.6. The number of hydrogen-bond donors (Lipinski definition) is 0. The van der Waals surface area contributed by atoms with Gasteiger partial charge in [-0.2, -0.15) is 0 Å². The van der Waals surface area contributed by atoms with Crippen LogP contribution in [0.25, 0.3) is 22.1 Å². The van der Waals surface area contributed by atoms with Crippen LogP contribution in [0.5, 0.6) is 0 Å². The van der Waals surface area contributed by atoms with Crippen LogP contribution in [0.3, 0.4) is 0 Å². The highest BCUT2D eigenvalue weighted by molar-refractivity contribution is 7.00. The van der Waals surface area contributed by atoms with E-state index in [-0.39, 0.29) is 33.8 Å². The average Bonchev–Trinajstić information content (AvgIpc) is 3.64. The zero-order chi connectivity index (χ0) is 46.6. The Bertz CT molecular complexity index is 3130. The van der Waals surface area contributed by atoms with Crippen molar-refractivity contribution in [3.8, 4) is 11.1 Å². The highest BCUT2D eigenvalue weighted by Crippen LogP contribution is 2.54. The minimum Gasteiger partial charge on any atom is -0.468 e. The van der Waals surface area contributed by atoms with Gasteiger partial charge in [-0.05, 0) is 176 Å². The Morgan fingerprint density at radius 3 is 1.82 bits per heavy atom. The number of furan rings is 1. The first-order valence-electron chi connectivity index (χ1n) is 24.9. The maximum atomic E-state index is 7.60. The predicted molar refractivity (Wildman–Crippen MR) is 284 cm³/mol. The van der Waals surface area contributed by atoms with Gasteiger partial charge in [-0.3, -0.25) is 0 Å². The zero-order valence-corrected chi connectivity index (χ0v) is 42.2. The van der Waals surface area contributed by atoms with Gasteiger partial charge in [0.25, 0.3) is 6.71 Å². The number of nitrogens with zero attached hydrogens (tertiary/aromatic N) is 2. The summed E-state index contributed by atoms with van der Waals surface area (Å²) in [4.78, 5) is 5.24. The molecule has 0 fully saturated rings. The summed E-state index contributed by atoms with van der Waals surface area (Å²) in [6.07, 6.45) is 4.67. The molecule has 66 heavy (non-hydrogen) atoms. The molecule has 0 saturated carbocycles. The van der Waals surface area contributed by atoms with Crippen molar-refractivity contribution in [2.75, 3.05) is 9.80 Å². The Labute approximate surface area is 395 Å². The fourth-order valence-corrected chi connectivity index (χ4v) is 12.3. The van der Waals surface area contributed by atoms with E-state index in [4.69, 9.17) is 4.42 Å². The average molecular weight is 869 g/mol. The van der Waals surface area contributed by atoms with Crippen LogP contribution < -0.4 is 26.4 Å². The molecule has 7 aromatic rings. The number of fused-ring (bicyclic) bond motifs is 8. The first-order valence-corrected chi connectivity index (χ1v) is 24.9. The smallest absolute Gasteiger partial charge is 0.297 e. The molecule has 4 heteroatoms. The fourth-order valence-electron chi connectivity index (χ4n) is 12.3.